The lowest BCUT2D eigenvalue weighted by Crippen LogP contribution is -2.53. The molecule has 0 spiro atoms. The smallest absolute Gasteiger partial charge is 0.248 e. The van der Waals surface area contributed by atoms with E-state index in [0.717, 1.165) is 11.3 Å². The van der Waals surface area contributed by atoms with Crippen LogP contribution in [0.5, 0.6) is 0 Å². The molecule has 6 heteroatoms. The fourth-order valence-electron chi connectivity index (χ4n) is 2.76. The zero-order chi connectivity index (χ0) is 15.1. The maximum Gasteiger partial charge on any atom is 0.248 e. The van der Waals surface area contributed by atoms with Crippen LogP contribution in [0.2, 0.25) is 0 Å². The van der Waals surface area contributed by atoms with Crippen molar-refractivity contribution in [2.24, 2.45) is 0 Å². The van der Waals surface area contributed by atoms with E-state index < -0.39 is 5.54 Å². The van der Waals surface area contributed by atoms with Gasteiger partial charge in [-0.2, -0.15) is 0 Å². The average molecular weight is 279 g/mol. The van der Waals surface area contributed by atoms with Gasteiger partial charge in [0.25, 0.3) is 0 Å². The number of carbonyl (C=O) groups is 2. The van der Waals surface area contributed by atoms with Crippen LogP contribution in [0.4, 0.5) is 0 Å². The van der Waals surface area contributed by atoms with Crippen molar-refractivity contribution < 1.29 is 14.1 Å². The SMILES string of the molecule is Cc1noc(C)c1C(C)N1CCC(=O)NC(C)(C)C1=O. The topological polar surface area (TPSA) is 75.4 Å². The number of carbonyl (C=O) groups excluding carboxylic acids is 2. The highest BCUT2D eigenvalue weighted by atomic mass is 16.5. The van der Waals surface area contributed by atoms with Crippen LogP contribution in [-0.4, -0.2) is 34.0 Å². The Morgan fingerprint density at radius 1 is 1.35 bits per heavy atom. The van der Waals surface area contributed by atoms with Gasteiger partial charge in [-0.1, -0.05) is 5.16 Å². The first-order chi connectivity index (χ1) is 9.24. The molecule has 1 unspecified atom stereocenters. The number of aromatic nitrogens is 1. The van der Waals surface area contributed by atoms with Crippen molar-refractivity contribution in [2.45, 2.75) is 52.6 Å². The maximum atomic E-state index is 12.6. The van der Waals surface area contributed by atoms with Crippen LogP contribution in [0.25, 0.3) is 0 Å². The van der Waals surface area contributed by atoms with Gasteiger partial charge in [0.15, 0.2) is 0 Å². The van der Waals surface area contributed by atoms with Crippen molar-refractivity contribution in [1.29, 1.82) is 0 Å². The Hall–Kier alpha value is -1.85. The highest BCUT2D eigenvalue weighted by molar-refractivity contribution is 5.93. The van der Waals surface area contributed by atoms with Gasteiger partial charge in [-0.15, -0.1) is 0 Å². The highest BCUT2D eigenvalue weighted by Gasteiger charge is 2.39. The normalized spacial score (nSPS) is 20.6. The first-order valence-corrected chi connectivity index (χ1v) is 6.79. The molecule has 1 saturated heterocycles. The molecule has 1 aromatic heterocycles. The van der Waals surface area contributed by atoms with E-state index in [-0.39, 0.29) is 17.9 Å². The number of nitrogens with zero attached hydrogens (tertiary/aromatic N) is 2. The quantitative estimate of drug-likeness (QED) is 0.889. The Morgan fingerprint density at radius 2 is 2.00 bits per heavy atom. The van der Waals surface area contributed by atoms with E-state index in [1.807, 2.05) is 20.8 Å². The lowest BCUT2D eigenvalue weighted by atomic mass is 10.00. The first-order valence-electron chi connectivity index (χ1n) is 6.79. The van der Waals surface area contributed by atoms with Gasteiger partial charge in [-0.25, -0.2) is 0 Å². The van der Waals surface area contributed by atoms with Crippen LogP contribution in [-0.2, 0) is 9.59 Å². The number of hydrogen-bond acceptors (Lipinski definition) is 4. The van der Waals surface area contributed by atoms with Gasteiger partial charge in [0.2, 0.25) is 11.8 Å². The second kappa shape index (κ2) is 4.92. The molecule has 1 N–H and O–H groups in total. The summed E-state index contributed by atoms with van der Waals surface area (Å²) < 4.78 is 5.18. The molecular weight excluding hydrogens is 258 g/mol. The third-order valence-electron chi connectivity index (χ3n) is 3.80. The molecule has 20 heavy (non-hydrogen) atoms. The molecule has 0 aromatic carbocycles. The van der Waals surface area contributed by atoms with E-state index >= 15 is 0 Å². The lowest BCUT2D eigenvalue weighted by Gasteiger charge is -2.33. The zero-order valence-corrected chi connectivity index (χ0v) is 12.6. The minimum Gasteiger partial charge on any atom is -0.361 e. The number of hydrogen-bond donors (Lipinski definition) is 1. The van der Waals surface area contributed by atoms with Gasteiger partial charge in [-0.3, -0.25) is 9.59 Å². The molecule has 0 radical (unpaired) electrons. The summed E-state index contributed by atoms with van der Waals surface area (Å²) >= 11 is 0. The van der Waals surface area contributed by atoms with Crippen molar-refractivity contribution in [3.8, 4) is 0 Å². The molecule has 110 valence electrons. The van der Waals surface area contributed by atoms with Crippen LogP contribution < -0.4 is 5.32 Å². The third-order valence-corrected chi connectivity index (χ3v) is 3.80. The summed E-state index contributed by atoms with van der Waals surface area (Å²) in [6, 6.07) is -0.166. The van der Waals surface area contributed by atoms with E-state index in [1.54, 1.807) is 18.7 Å². The van der Waals surface area contributed by atoms with Crippen molar-refractivity contribution in [2.75, 3.05) is 6.54 Å². The number of aryl methyl sites for hydroxylation is 2. The maximum absolute atomic E-state index is 12.6. The highest BCUT2D eigenvalue weighted by Crippen LogP contribution is 2.29. The van der Waals surface area contributed by atoms with E-state index in [1.165, 1.54) is 0 Å². The van der Waals surface area contributed by atoms with Crippen molar-refractivity contribution in [3.05, 3.63) is 17.0 Å². The van der Waals surface area contributed by atoms with Crippen LogP contribution in [0.1, 0.15) is 50.3 Å². The van der Waals surface area contributed by atoms with Gasteiger partial charge >= 0.3 is 0 Å². The molecule has 1 atom stereocenters. The summed E-state index contributed by atoms with van der Waals surface area (Å²) in [5.41, 5.74) is 0.813. The van der Waals surface area contributed by atoms with Crippen molar-refractivity contribution >= 4 is 11.8 Å². The van der Waals surface area contributed by atoms with E-state index in [0.29, 0.717) is 18.7 Å². The van der Waals surface area contributed by atoms with Crippen molar-refractivity contribution in [1.82, 2.24) is 15.4 Å². The minimum atomic E-state index is -0.888. The van der Waals surface area contributed by atoms with Crippen LogP contribution >= 0.6 is 0 Å². The molecule has 6 nitrogen and oxygen atoms in total. The predicted octanol–water partition coefficient (Wildman–Crippen LogP) is 1.48. The Morgan fingerprint density at radius 3 is 2.55 bits per heavy atom. The molecule has 2 heterocycles. The second-order valence-electron chi connectivity index (χ2n) is 5.84. The molecule has 1 fully saturated rings. The summed E-state index contributed by atoms with van der Waals surface area (Å²) in [5, 5.41) is 6.69. The van der Waals surface area contributed by atoms with Crippen LogP contribution in [0.3, 0.4) is 0 Å². The summed E-state index contributed by atoms with van der Waals surface area (Å²) in [4.78, 5) is 26.1. The number of nitrogens with one attached hydrogen (secondary N) is 1. The summed E-state index contributed by atoms with van der Waals surface area (Å²) in [7, 11) is 0. The monoisotopic (exact) mass is 279 g/mol. The van der Waals surface area contributed by atoms with Crippen molar-refractivity contribution in [3.63, 3.8) is 0 Å². The molecule has 2 rings (SSSR count). The van der Waals surface area contributed by atoms with Gasteiger partial charge in [0.05, 0.1) is 11.7 Å². The van der Waals surface area contributed by atoms with Crippen LogP contribution in [0, 0.1) is 13.8 Å². The molecule has 0 bridgehead atoms. The van der Waals surface area contributed by atoms with Crippen LogP contribution in [0.15, 0.2) is 4.52 Å². The predicted molar refractivity (Wildman–Crippen MR) is 72.9 cm³/mol. The Kier molecular flexibility index (Phi) is 3.58. The van der Waals surface area contributed by atoms with Gasteiger partial charge < -0.3 is 14.7 Å². The molecule has 1 aliphatic heterocycles. The lowest BCUT2D eigenvalue weighted by molar-refractivity contribution is -0.139. The number of amides is 2. The largest absolute Gasteiger partial charge is 0.361 e. The fraction of sp³-hybridized carbons (Fsp3) is 0.643. The molecular formula is C14H21N3O3. The Labute approximate surface area is 118 Å². The Bertz CT molecular complexity index is 528. The second-order valence-corrected chi connectivity index (χ2v) is 5.84. The molecule has 1 aromatic rings. The molecule has 0 aliphatic carbocycles. The summed E-state index contributed by atoms with van der Waals surface area (Å²) in [5.74, 6) is 0.525. The summed E-state index contributed by atoms with van der Waals surface area (Å²) in [6.07, 6.45) is 0.308. The fourth-order valence-corrected chi connectivity index (χ4v) is 2.76. The third kappa shape index (κ3) is 2.42. The molecule has 0 saturated carbocycles. The van der Waals surface area contributed by atoms with Gasteiger partial charge in [0, 0.05) is 18.5 Å². The first kappa shape index (κ1) is 14.6. The standard InChI is InChI=1S/C14H21N3O3/c1-8-12(10(3)20-16-8)9(2)17-7-6-11(18)15-14(4,5)13(17)19/h9H,6-7H2,1-5H3,(H,15,18). The molecule has 1 aliphatic rings. The average Bonchev–Trinajstić information content (AvgIpc) is 2.62. The summed E-state index contributed by atoms with van der Waals surface area (Å²) in [6.45, 7) is 9.49. The van der Waals surface area contributed by atoms with E-state index in [9.17, 15) is 9.59 Å². The van der Waals surface area contributed by atoms with E-state index in [4.69, 9.17) is 4.52 Å². The minimum absolute atomic E-state index is 0.0872. The van der Waals surface area contributed by atoms with Gasteiger partial charge in [-0.05, 0) is 34.6 Å². The van der Waals surface area contributed by atoms with Gasteiger partial charge in [0.1, 0.15) is 11.3 Å². The van der Waals surface area contributed by atoms with E-state index in [2.05, 4.69) is 10.5 Å². The Balaban J connectivity index is 2.35. The zero-order valence-electron chi connectivity index (χ0n) is 12.6. The molecule has 2 amide bonds. The number of rotatable bonds is 2.